The maximum atomic E-state index is 11.8. The lowest BCUT2D eigenvalue weighted by molar-refractivity contribution is -0.140. The number of aromatic nitrogens is 1. The number of methoxy groups -OCH3 is 1. The molecule has 0 aliphatic rings. The number of oxazole rings is 1. The Morgan fingerprint density at radius 3 is 2.26 bits per heavy atom. The van der Waals surface area contributed by atoms with Gasteiger partial charge in [-0.05, 0) is 41.4 Å². The van der Waals surface area contributed by atoms with Crippen LogP contribution in [-0.2, 0) is 9.53 Å². The molecule has 0 saturated carbocycles. The molecule has 172 valence electrons. The summed E-state index contributed by atoms with van der Waals surface area (Å²) in [5.74, 6) is 1.18. The quantitative estimate of drug-likeness (QED) is 0.421. The summed E-state index contributed by atoms with van der Waals surface area (Å²) in [4.78, 5) is 18.8. The average molecular weight is 430 g/mol. The minimum Gasteiger partial charge on any atom is -0.469 e. The number of esters is 1. The zero-order valence-corrected chi connectivity index (χ0v) is 20.4. The molecule has 1 N–H and O–H groups in total. The van der Waals surface area contributed by atoms with Gasteiger partial charge in [0.1, 0.15) is 6.26 Å². The van der Waals surface area contributed by atoms with Gasteiger partial charge in [-0.25, -0.2) is 0 Å². The fraction of sp³-hybridized carbons (Fsp3) is 0.600. The van der Waals surface area contributed by atoms with Gasteiger partial charge in [-0.15, -0.1) is 0 Å². The van der Waals surface area contributed by atoms with Crippen molar-refractivity contribution in [2.75, 3.05) is 30.4 Å². The van der Waals surface area contributed by atoms with E-state index >= 15 is 0 Å². The first kappa shape index (κ1) is 24.8. The molecule has 1 aromatic heterocycles. The van der Waals surface area contributed by atoms with Gasteiger partial charge in [-0.3, -0.25) is 4.79 Å². The van der Waals surface area contributed by atoms with Crippen molar-refractivity contribution in [3.63, 3.8) is 0 Å². The van der Waals surface area contributed by atoms with Gasteiger partial charge in [-0.1, -0.05) is 54.5 Å². The van der Waals surface area contributed by atoms with E-state index in [1.54, 1.807) is 6.26 Å². The summed E-state index contributed by atoms with van der Waals surface area (Å²) < 4.78 is 10.5. The summed E-state index contributed by atoms with van der Waals surface area (Å²) in [6.45, 7) is 17.1. The van der Waals surface area contributed by atoms with Gasteiger partial charge in [0, 0.05) is 13.1 Å². The standard InChI is InChI=1S/C25H39N3O3/c1-16(2)13-28(14-17(3)4)23-10-9-20(19(7)11-24(29)30-8)12-21(23)26-25-27-22(15-31-25)18(5)6/h9-10,12,15-19H,11,13-14H2,1-8H3,(H,26,27). The van der Waals surface area contributed by atoms with Crippen LogP contribution in [0.1, 0.15) is 78.0 Å². The zero-order chi connectivity index (χ0) is 23.1. The molecular formula is C25H39N3O3. The van der Waals surface area contributed by atoms with Gasteiger partial charge in [0.05, 0.1) is 30.6 Å². The highest BCUT2D eigenvalue weighted by Gasteiger charge is 2.19. The Hall–Kier alpha value is -2.50. The van der Waals surface area contributed by atoms with Gasteiger partial charge in [0.2, 0.25) is 0 Å². The second kappa shape index (κ2) is 11.2. The molecule has 0 bridgehead atoms. The lowest BCUT2D eigenvalue weighted by Gasteiger charge is -2.31. The molecule has 0 fully saturated rings. The highest BCUT2D eigenvalue weighted by atomic mass is 16.5. The topological polar surface area (TPSA) is 67.6 Å². The van der Waals surface area contributed by atoms with Crippen molar-refractivity contribution in [1.29, 1.82) is 0 Å². The number of benzene rings is 1. The van der Waals surface area contributed by atoms with Crippen molar-refractivity contribution in [1.82, 2.24) is 4.98 Å². The molecule has 0 saturated heterocycles. The molecule has 6 heteroatoms. The van der Waals surface area contributed by atoms with Crippen LogP contribution >= 0.6 is 0 Å². The van der Waals surface area contributed by atoms with Crippen molar-refractivity contribution in [3.8, 4) is 0 Å². The van der Waals surface area contributed by atoms with Crippen LogP contribution in [0.15, 0.2) is 28.9 Å². The molecule has 0 spiro atoms. The van der Waals surface area contributed by atoms with Crippen LogP contribution in [0.2, 0.25) is 0 Å². The van der Waals surface area contributed by atoms with Crippen molar-refractivity contribution in [2.24, 2.45) is 11.8 Å². The fourth-order valence-electron chi connectivity index (χ4n) is 3.56. The number of hydrogen-bond donors (Lipinski definition) is 1. The lowest BCUT2D eigenvalue weighted by atomic mass is 9.96. The molecule has 1 atom stereocenters. The Bertz CT molecular complexity index is 832. The molecule has 2 rings (SSSR count). The van der Waals surface area contributed by atoms with Crippen LogP contribution < -0.4 is 10.2 Å². The van der Waals surface area contributed by atoms with Crippen molar-refractivity contribution < 1.29 is 13.9 Å². The van der Waals surface area contributed by atoms with Crippen LogP contribution in [0.3, 0.4) is 0 Å². The van der Waals surface area contributed by atoms with E-state index < -0.39 is 0 Å². The normalized spacial score (nSPS) is 12.5. The SMILES string of the molecule is COC(=O)CC(C)c1ccc(N(CC(C)C)CC(C)C)c(Nc2nc(C(C)C)co2)c1. The molecule has 0 aliphatic carbocycles. The van der Waals surface area contributed by atoms with Crippen molar-refractivity contribution in [2.45, 2.75) is 66.7 Å². The number of nitrogens with one attached hydrogen (secondary N) is 1. The zero-order valence-electron chi connectivity index (χ0n) is 20.4. The lowest BCUT2D eigenvalue weighted by Crippen LogP contribution is -2.31. The molecule has 0 amide bonds. The Balaban J connectivity index is 2.44. The van der Waals surface area contributed by atoms with E-state index in [1.165, 1.54) is 7.11 Å². The van der Waals surface area contributed by atoms with Gasteiger partial charge in [0.25, 0.3) is 6.01 Å². The van der Waals surface area contributed by atoms with Gasteiger partial charge >= 0.3 is 5.97 Å². The monoisotopic (exact) mass is 429 g/mol. The summed E-state index contributed by atoms with van der Waals surface area (Å²) in [6, 6.07) is 6.84. The van der Waals surface area contributed by atoms with Crippen LogP contribution in [0.25, 0.3) is 0 Å². The predicted molar refractivity (Wildman–Crippen MR) is 127 cm³/mol. The molecule has 0 radical (unpaired) electrons. The Kier molecular flexibility index (Phi) is 8.96. The van der Waals surface area contributed by atoms with E-state index in [0.29, 0.717) is 30.2 Å². The number of ether oxygens (including phenoxy) is 1. The molecule has 1 heterocycles. The number of nitrogens with zero attached hydrogens (tertiary/aromatic N) is 2. The molecule has 31 heavy (non-hydrogen) atoms. The van der Waals surface area contributed by atoms with Crippen LogP contribution in [0, 0.1) is 11.8 Å². The van der Waals surface area contributed by atoms with E-state index in [-0.39, 0.29) is 11.9 Å². The summed E-state index contributed by atoms with van der Waals surface area (Å²) >= 11 is 0. The third-order valence-electron chi connectivity index (χ3n) is 5.16. The first-order chi connectivity index (χ1) is 14.6. The molecule has 6 nitrogen and oxygen atoms in total. The van der Waals surface area contributed by atoms with Gasteiger partial charge in [0.15, 0.2) is 0 Å². The Labute approximate surface area is 187 Å². The minimum atomic E-state index is -0.207. The third kappa shape index (κ3) is 7.30. The average Bonchev–Trinajstić information content (AvgIpc) is 3.15. The van der Waals surface area contributed by atoms with Crippen LogP contribution in [0.5, 0.6) is 0 Å². The number of hydrogen-bond acceptors (Lipinski definition) is 6. The van der Waals surface area contributed by atoms with Gasteiger partial charge in [-0.2, -0.15) is 4.98 Å². The molecular weight excluding hydrogens is 390 g/mol. The Morgan fingerprint density at radius 2 is 1.74 bits per heavy atom. The van der Waals surface area contributed by atoms with E-state index in [4.69, 9.17) is 9.15 Å². The number of carbonyl (C=O) groups excluding carboxylic acids is 1. The second-order valence-electron chi connectivity index (χ2n) is 9.51. The number of anilines is 3. The highest BCUT2D eigenvalue weighted by molar-refractivity contribution is 5.75. The largest absolute Gasteiger partial charge is 0.469 e. The fourth-order valence-corrected chi connectivity index (χ4v) is 3.56. The van der Waals surface area contributed by atoms with E-state index in [1.807, 2.05) is 6.92 Å². The second-order valence-corrected chi connectivity index (χ2v) is 9.51. The molecule has 1 unspecified atom stereocenters. The summed E-state index contributed by atoms with van der Waals surface area (Å²) in [6.07, 6.45) is 2.05. The van der Waals surface area contributed by atoms with Gasteiger partial charge < -0.3 is 19.4 Å². The minimum absolute atomic E-state index is 0.0430. The van der Waals surface area contributed by atoms with Crippen molar-refractivity contribution >= 4 is 23.4 Å². The first-order valence-electron chi connectivity index (χ1n) is 11.3. The van der Waals surface area contributed by atoms with E-state index in [9.17, 15) is 4.79 Å². The number of carbonyl (C=O) groups is 1. The maximum absolute atomic E-state index is 11.8. The van der Waals surface area contributed by atoms with E-state index in [2.05, 4.69) is 74.9 Å². The number of rotatable bonds is 11. The predicted octanol–water partition coefficient (Wildman–Crippen LogP) is 6.33. The first-order valence-corrected chi connectivity index (χ1v) is 11.3. The summed E-state index contributed by atoms with van der Waals surface area (Å²) in [5.41, 5.74) is 4.04. The summed E-state index contributed by atoms with van der Waals surface area (Å²) in [7, 11) is 1.43. The van der Waals surface area contributed by atoms with Crippen LogP contribution in [0.4, 0.5) is 17.4 Å². The third-order valence-corrected chi connectivity index (χ3v) is 5.16. The Morgan fingerprint density at radius 1 is 1.10 bits per heavy atom. The van der Waals surface area contributed by atoms with E-state index in [0.717, 1.165) is 35.7 Å². The molecule has 1 aromatic carbocycles. The summed E-state index contributed by atoms with van der Waals surface area (Å²) in [5, 5.41) is 3.40. The molecule has 2 aromatic rings. The van der Waals surface area contributed by atoms with Crippen LogP contribution in [-0.4, -0.2) is 31.2 Å². The van der Waals surface area contributed by atoms with Crippen molar-refractivity contribution in [3.05, 3.63) is 35.7 Å². The maximum Gasteiger partial charge on any atom is 0.306 e. The molecule has 0 aliphatic heterocycles. The highest BCUT2D eigenvalue weighted by Crippen LogP contribution is 2.34. The smallest absolute Gasteiger partial charge is 0.306 e.